The van der Waals surface area contributed by atoms with Crippen LogP contribution in [0.4, 0.5) is 0 Å². The molecule has 0 saturated heterocycles. The molecule has 0 amide bonds. The van der Waals surface area contributed by atoms with E-state index in [0.29, 0.717) is 12.8 Å². The van der Waals surface area contributed by atoms with Crippen LogP contribution >= 0.6 is 0 Å². The molecule has 0 radical (unpaired) electrons. The number of rotatable bonds is 33. The number of carbonyl (C=O) groups excluding carboxylic acids is 2. The zero-order chi connectivity index (χ0) is 35.1. The molecule has 0 N–H and O–H groups in total. The molecule has 1 aromatic rings. The van der Waals surface area contributed by atoms with E-state index in [1.165, 1.54) is 103 Å². The van der Waals surface area contributed by atoms with Crippen LogP contribution in [0.15, 0.2) is 48.4 Å². The van der Waals surface area contributed by atoms with E-state index in [4.69, 9.17) is 9.47 Å². The van der Waals surface area contributed by atoms with E-state index >= 15 is 0 Å². The molecule has 0 fully saturated rings. The summed E-state index contributed by atoms with van der Waals surface area (Å²) in [7, 11) is -4.81. The number of hydrogen-bond donors (Lipinski definition) is 0. The minimum Gasteiger partial charge on any atom is -0.744 e. The topological polar surface area (TPSA) is 110 Å². The van der Waals surface area contributed by atoms with Crippen molar-refractivity contribution in [2.45, 2.75) is 172 Å². The molecule has 49 heavy (non-hydrogen) atoms. The van der Waals surface area contributed by atoms with Crippen LogP contribution in [-0.4, -0.2) is 38.1 Å². The minimum atomic E-state index is -4.81. The predicted octanol–water partition coefficient (Wildman–Crippen LogP) is 8.42. The van der Waals surface area contributed by atoms with Gasteiger partial charge in [-0.1, -0.05) is 141 Å². The van der Waals surface area contributed by atoms with Crippen LogP contribution < -0.4 is 29.6 Å². The summed E-state index contributed by atoms with van der Waals surface area (Å²) in [5.41, 5.74) is -0.348. The van der Waals surface area contributed by atoms with Crippen LogP contribution in [-0.2, 0) is 19.6 Å². The van der Waals surface area contributed by atoms with Crippen molar-refractivity contribution in [1.29, 1.82) is 0 Å². The van der Waals surface area contributed by atoms with Crippen LogP contribution in [0.3, 0.4) is 0 Å². The summed E-state index contributed by atoms with van der Waals surface area (Å²) in [4.78, 5) is 25.1. The largest absolute Gasteiger partial charge is 1.00 e. The van der Waals surface area contributed by atoms with Crippen molar-refractivity contribution in [3.8, 4) is 0 Å². The molecule has 0 spiro atoms. The van der Waals surface area contributed by atoms with Crippen LogP contribution in [0.25, 0.3) is 0 Å². The van der Waals surface area contributed by atoms with Gasteiger partial charge in [-0.2, -0.15) is 0 Å². The SMILES string of the molecule is C=CCCCCCCCCCCCCCCOC(=O)c1ccc(S(=O)(=O)[O-])cc1C(=O)OCCCCCCCCCCCCCCC=C.[Na+]. The third-order valence-electron chi connectivity index (χ3n) is 8.79. The van der Waals surface area contributed by atoms with Gasteiger partial charge < -0.3 is 14.0 Å². The zero-order valence-corrected chi connectivity index (χ0v) is 33.7. The smallest absolute Gasteiger partial charge is 0.744 e. The minimum absolute atomic E-state index is 0. The van der Waals surface area contributed by atoms with Gasteiger partial charge in [0.05, 0.1) is 29.2 Å². The molecule has 1 rings (SSSR count). The summed E-state index contributed by atoms with van der Waals surface area (Å²) in [6.45, 7) is 7.89. The van der Waals surface area contributed by atoms with Gasteiger partial charge in [-0.25, -0.2) is 18.0 Å². The van der Waals surface area contributed by atoms with Gasteiger partial charge in [-0.05, 0) is 56.7 Å². The monoisotopic (exact) mass is 712 g/mol. The third kappa shape index (κ3) is 26.1. The van der Waals surface area contributed by atoms with Crippen molar-refractivity contribution in [2.75, 3.05) is 13.2 Å². The summed E-state index contributed by atoms with van der Waals surface area (Å²) in [6.07, 6.45) is 34.3. The van der Waals surface area contributed by atoms with Gasteiger partial charge >= 0.3 is 41.5 Å². The van der Waals surface area contributed by atoms with Crippen molar-refractivity contribution >= 4 is 22.1 Å². The molecule has 0 unspecified atom stereocenters. The Morgan fingerprint density at radius 1 is 0.531 bits per heavy atom. The van der Waals surface area contributed by atoms with Gasteiger partial charge in [0.2, 0.25) is 0 Å². The summed E-state index contributed by atoms with van der Waals surface area (Å²) < 4.78 is 45.6. The van der Waals surface area contributed by atoms with Crippen molar-refractivity contribution in [3.63, 3.8) is 0 Å². The average Bonchev–Trinajstić information content (AvgIpc) is 3.07. The molecule has 7 nitrogen and oxygen atoms in total. The Morgan fingerprint density at radius 2 is 0.837 bits per heavy atom. The normalized spacial score (nSPS) is 11.1. The first kappa shape index (κ1) is 47.5. The molecule has 0 atom stereocenters. The number of allylic oxidation sites excluding steroid dienone is 2. The molecule has 1 aromatic carbocycles. The third-order valence-corrected chi connectivity index (χ3v) is 9.62. The second-order valence-electron chi connectivity index (χ2n) is 13.1. The summed E-state index contributed by atoms with van der Waals surface area (Å²) in [5.74, 6) is -1.56. The van der Waals surface area contributed by atoms with E-state index in [1.54, 1.807) is 0 Å². The summed E-state index contributed by atoms with van der Waals surface area (Å²) >= 11 is 0. The first-order chi connectivity index (χ1) is 23.3. The Hall–Kier alpha value is -1.45. The number of unbranched alkanes of at least 4 members (excludes halogenated alkanes) is 24. The second-order valence-corrected chi connectivity index (χ2v) is 14.5. The van der Waals surface area contributed by atoms with E-state index in [2.05, 4.69) is 13.2 Å². The Morgan fingerprint density at radius 3 is 1.16 bits per heavy atom. The summed E-state index contributed by atoms with van der Waals surface area (Å²) in [5, 5.41) is 0. The molecule has 0 aliphatic heterocycles. The van der Waals surface area contributed by atoms with E-state index in [1.807, 2.05) is 12.2 Å². The molecular formula is C40H65NaO7S. The molecule has 0 aliphatic rings. The number of hydrogen-bond acceptors (Lipinski definition) is 7. The quantitative estimate of drug-likeness (QED) is 0.0237. The maximum absolute atomic E-state index is 12.9. The molecule has 0 bridgehead atoms. The van der Waals surface area contributed by atoms with Crippen molar-refractivity contribution in [1.82, 2.24) is 0 Å². The maximum atomic E-state index is 12.9. The van der Waals surface area contributed by atoms with Gasteiger partial charge in [-0.15, -0.1) is 13.2 Å². The molecule has 274 valence electrons. The fraction of sp³-hybridized carbons (Fsp3) is 0.700. The first-order valence-electron chi connectivity index (χ1n) is 19.0. The number of carbonyl (C=O) groups is 2. The van der Waals surface area contributed by atoms with Gasteiger partial charge in [0, 0.05) is 0 Å². The first-order valence-corrected chi connectivity index (χ1v) is 20.4. The molecule has 0 aliphatic carbocycles. The molecule has 0 heterocycles. The number of ether oxygens (including phenoxy) is 2. The van der Waals surface area contributed by atoms with Crippen molar-refractivity contribution in [2.24, 2.45) is 0 Å². The molecule has 0 saturated carbocycles. The Bertz CT molecular complexity index is 1120. The van der Waals surface area contributed by atoms with E-state index in [0.717, 1.165) is 69.6 Å². The maximum Gasteiger partial charge on any atom is 1.00 e. The van der Waals surface area contributed by atoms with Crippen LogP contribution in [0, 0.1) is 0 Å². The Labute approximate surface area is 321 Å². The van der Waals surface area contributed by atoms with Crippen LogP contribution in [0.5, 0.6) is 0 Å². The van der Waals surface area contributed by atoms with Crippen LogP contribution in [0.2, 0.25) is 0 Å². The van der Waals surface area contributed by atoms with Gasteiger partial charge in [0.1, 0.15) is 10.1 Å². The summed E-state index contributed by atoms with van der Waals surface area (Å²) in [6, 6.07) is 3.11. The van der Waals surface area contributed by atoms with Crippen molar-refractivity contribution < 1.29 is 61.6 Å². The predicted molar refractivity (Wildman–Crippen MR) is 195 cm³/mol. The fourth-order valence-electron chi connectivity index (χ4n) is 5.83. The molecular weight excluding hydrogens is 647 g/mol. The fourth-order valence-corrected chi connectivity index (χ4v) is 6.32. The number of benzene rings is 1. The second kappa shape index (κ2) is 32.5. The van der Waals surface area contributed by atoms with E-state index in [9.17, 15) is 22.6 Å². The van der Waals surface area contributed by atoms with Crippen molar-refractivity contribution in [3.05, 3.63) is 54.6 Å². The van der Waals surface area contributed by atoms with Gasteiger partial charge in [-0.3, -0.25) is 0 Å². The standard InChI is InChI=1S/C40H66O7S.Na/c1-3-5-7-9-11-13-15-17-19-21-23-25-27-29-33-46-39(41)37-32-31-36(48(43,44)45)35-38(37)40(42)47-34-30-28-26-24-22-20-18-16-14-12-10-8-6-4-2;/h3-4,31-32,35H,1-2,5-30,33-34H2,(H,43,44,45);/q;+1/p-1. The van der Waals surface area contributed by atoms with Gasteiger partial charge in [0.25, 0.3) is 0 Å². The Balaban J connectivity index is 0.0000230. The van der Waals surface area contributed by atoms with Gasteiger partial charge in [0.15, 0.2) is 0 Å². The van der Waals surface area contributed by atoms with Crippen LogP contribution in [0.1, 0.15) is 188 Å². The van der Waals surface area contributed by atoms with E-state index in [-0.39, 0.29) is 53.9 Å². The molecule has 0 aromatic heterocycles. The number of esters is 2. The Kier molecular flexibility index (Phi) is 31.5. The average molecular weight is 713 g/mol. The van der Waals surface area contributed by atoms with E-state index < -0.39 is 27.0 Å². The molecule has 9 heteroatoms. The zero-order valence-electron chi connectivity index (χ0n) is 30.9.